The van der Waals surface area contributed by atoms with Gasteiger partial charge in [0.2, 0.25) is 11.6 Å². The third-order valence-electron chi connectivity index (χ3n) is 5.28. The minimum absolute atomic E-state index is 0.178. The molecule has 0 saturated carbocycles. The van der Waals surface area contributed by atoms with Crippen molar-refractivity contribution < 1.29 is 9.53 Å². The van der Waals surface area contributed by atoms with E-state index < -0.39 is 23.6 Å². The Bertz CT molecular complexity index is 1280. The van der Waals surface area contributed by atoms with Gasteiger partial charge in [-0.15, -0.1) is 0 Å². The molecule has 140 valence electrons. The molecule has 0 saturated heterocycles. The van der Waals surface area contributed by atoms with Gasteiger partial charge in [-0.1, -0.05) is 59.9 Å². The summed E-state index contributed by atoms with van der Waals surface area (Å²) >= 11 is 1.30. The van der Waals surface area contributed by atoms with E-state index in [1.807, 2.05) is 60.7 Å². The molecule has 7 heteroatoms. The van der Waals surface area contributed by atoms with Crippen molar-refractivity contribution in [2.75, 3.05) is 0 Å². The van der Waals surface area contributed by atoms with Crippen LogP contribution in [-0.4, -0.2) is 16.2 Å². The Morgan fingerprint density at radius 1 is 1.21 bits per heavy atom. The molecule has 2 aromatic carbocycles. The zero-order chi connectivity index (χ0) is 19.5. The molecule has 3 atom stereocenters. The Kier molecular flexibility index (Phi) is 3.57. The molecular weight excluding hydrogens is 374 g/mol. The highest BCUT2D eigenvalue weighted by Crippen LogP contribution is 2.46. The highest BCUT2D eigenvalue weighted by molar-refractivity contribution is 7.07. The Balaban J connectivity index is 1.83. The molecule has 0 unspecified atom stereocenters. The summed E-state index contributed by atoms with van der Waals surface area (Å²) in [4.78, 5) is 30.8. The van der Waals surface area contributed by atoms with Crippen LogP contribution in [0.4, 0.5) is 0 Å². The number of primary amides is 1. The maximum Gasteiger partial charge on any atom is 0.270 e. The van der Waals surface area contributed by atoms with Gasteiger partial charge in [0.25, 0.3) is 5.56 Å². The van der Waals surface area contributed by atoms with Crippen LogP contribution >= 0.6 is 11.3 Å². The van der Waals surface area contributed by atoms with Crippen LogP contribution < -0.4 is 25.4 Å². The average molecular weight is 391 g/mol. The van der Waals surface area contributed by atoms with Gasteiger partial charge in [0.15, 0.2) is 4.80 Å². The van der Waals surface area contributed by atoms with Gasteiger partial charge in [0.1, 0.15) is 11.7 Å². The number of rotatable bonds is 2. The van der Waals surface area contributed by atoms with Crippen molar-refractivity contribution >= 4 is 23.3 Å². The number of thiazole rings is 1. The summed E-state index contributed by atoms with van der Waals surface area (Å²) in [6, 6.07) is 16.5. The maximum absolute atomic E-state index is 13.3. The van der Waals surface area contributed by atoms with E-state index in [1.165, 1.54) is 11.3 Å². The van der Waals surface area contributed by atoms with Crippen LogP contribution in [0.3, 0.4) is 0 Å². The number of hydrogen-bond donors (Lipinski definition) is 1. The number of hydrogen-bond acceptors (Lipinski definition) is 5. The van der Waals surface area contributed by atoms with Crippen LogP contribution in [0.1, 0.15) is 24.1 Å². The molecule has 2 aliphatic heterocycles. The molecule has 2 N–H and O–H groups in total. The topological polar surface area (TPSA) is 86.7 Å². The lowest BCUT2D eigenvalue weighted by Gasteiger charge is -2.44. The Labute approximate surface area is 164 Å². The normalized spacial score (nSPS) is 25.2. The Morgan fingerprint density at radius 2 is 1.93 bits per heavy atom. The average Bonchev–Trinajstić information content (AvgIpc) is 2.95. The van der Waals surface area contributed by atoms with Crippen molar-refractivity contribution in [2.45, 2.75) is 18.7 Å². The number of benzene rings is 2. The number of ether oxygens (including phenoxy) is 1. The lowest BCUT2D eigenvalue weighted by molar-refractivity contribution is -0.133. The zero-order valence-electron chi connectivity index (χ0n) is 15.0. The van der Waals surface area contributed by atoms with E-state index in [9.17, 15) is 9.59 Å². The smallest absolute Gasteiger partial charge is 0.270 e. The van der Waals surface area contributed by atoms with Crippen LogP contribution in [0.25, 0.3) is 6.08 Å². The van der Waals surface area contributed by atoms with Crippen LogP contribution in [0.5, 0.6) is 5.75 Å². The molecule has 0 radical (unpaired) electrons. The predicted molar refractivity (Wildman–Crippen MR) is 106 cm³/mol. The van der Waals surface area contributed by atoms with Gasteiger partial charge in [0.05, 0.1) is 10.6 Å². The molecule has 1 aromatic heterocycles. The van der Waals surface area contributed by atoms with Crippen LogP contribution in [-0.2, 0) is 4.79 Å². The minimum atomic E-state index is -1.15. The fourth-order valence-corrected chi connectivity index (χ4v) is 5.18. The first-order valence-corrected chi connectivity index (χ1v) is 9.75. The van der Waals surface area contributed by atoms with E-state index in [0.29, 0.717) is 15.1 Å². The van der Waals surface area contributed by atoms with Crippen molar-refractivity contribution in [3.63, 3.8) is 0 Å². The van der Waals surface area contributed by atoms with Crippen LogP contribution in [0.2, 0.25) is 0 Å². The fraction of sp³-hybridized carbons (Fsp3) is 0.190. The molecule has 0 aliphatic carbocycles. The van der Waals surface area contributed by atoms with E-state index in [1.54, 1.807) is 11.5 Å². The summed E-state index contributed by atoms with van der Waals surface area (Å²) in [5.41, 5.74) is 6.11. The molecule has 2 aliphatic rings. The van der Waals surface area contributed by atoms with Crippen LogP contribution in [0, 0.1) is 5.92 Å². The number of para-hydroxylation sites is 1. The number of fused-ring (bicyclic) bond motifs is 6. The summed E-state index contributed by atoms with van der Waals surface area (Å²) in [7, 11) is 0. The molecule has 2 bridgehead atoms. The fourth-order valence-electron chi connectivity index (χ4n) is 4.08. The summed E-state index contributed by atoms with van der Waals surface area (Å²) < 4.78 is 8.25. The monoisotopic (exact) mass is 391 g/mol. The molecule has 5 rings (SSSR count). The maximum atomic E-state index is 13.3. The van der Waals surface area contributed by atoms with Crippen LogP contribution in [0.15, 0.2) is 64.4 Å². The van der Waals surface area contributed by atoms with Gasteiger partial charge in [-0.25, -0.2) is 4.99 Å². The Hall–Kier alpha value is -3.19. The largest absolute Gasteiger partial charge is 0.465 e. The first kappa shape index (κ1) is 16.9. The quantitative estimate of drug-likeness (QED) is 0.712. The minimum Gasteiger partial charge on any atom is -0.465 e. The standard InChI is InChI=1S/C21H17N3O3S/c1-21-16(18(22)25)17(13-9-5-6-10-14(13)27-21)24-19(26)15(28-20(24)23-21)11-12-7-3-2-4-8-12/h2-11,16-17H,1H3,(H2,22,25)/b15-11-/t16-,17-,21+/m0/s1. The summed E-state index contributed by atoms with van der Waals surface area (Å²) in [5, 5.41) is 0. The third kappa shape index (κ3) is 2.36. The van der Waals surface area contributed by atoms with Gasteiger partial charge < -0.3 is 10.5 Å². The number of carbonyl (C=O) groups excluding carboxylic acids is 1. The van der Waals surface area contributed by atoms with Crippen molar-refractivity contribution in [1.82, 2.24) is 4.57 Å². The van der Waals surface area contributed by atoms with Crippen molar-refractivity contribution in [2.24, 2.45) is 16.6 Å². The predicted octanol–water partition coefficient (Wildman–Crippen LogP) is 1.17. The zero-order valence-corrected chi connectivity index (χ0v) is 15.8. The lowest BCUT2D eigenvalue weighted by atomic mass is 9.81. The van der Waals surface area contributed by atoms with Gasteiger partial charge in [-0.2, -0.15) is 0 Å². The van der Waals surface area contributed by atoms with Gasteiger partial charge in [-0.3, -0.25) is 14.2 Å². The first-order valence-electron chi connectivity index (χ1n) is 8.93. The second-order valence-electron chi connectivity index (χ2n) is 7.11. The summed E-state index contributed by atoms with van der Waals surface area (Å²) in [5.74, 6) is -0.691. The number of carbonyl (C=O) groups is 1. The second-order valence-corrected chi connectivity index (χ2v) is 8.12. The van der Waals surface area contributed by atoms with Gasteiger partial charge in [0, 0.05) is 5.56 Å². The van der Waals surface area contributed by atoms with Crippen molar-refractivity contribution in [3.05, 3.63) is 85.4 Å². The highest BCUT2D eigenvalue weighted by Gasteiger charge is 2.54. The van der Waals surface area contributed by atoms with Crippen molar-refractivity contribution in [1.29, 1.82) is 0 Å². The van der Waals surface area contributed by atoms with E-state index in [-0.39, 0.29) is 5.56 Å². The molecule has 3 heterocycles. The molecule has 3 aromatic rings. The number of amides is 1. The summed E-state index contributed by atoms with van der Waals surface area (Å²) in [6.45, 7) is 1.75. The molecule has 0 fully saturated rings. The van der Waals surface area contributed by atoms with E-state index >= 15 is 0 Å². The molecule has 1 amide bonds. The molecular formula is C21H17N3O3S. The highest BCUT2D eigenvalue weighted by atomic mass is 32.1. The summed E-state index contributed by atoms with van der Waals surface area (Å²) in [6.07, 6.45) is 1.84. The molecule has 6 nitrogen and oxygen atoms in total. The van der Waals surface area contributed by atoms with Gasteiger partial charge in [-0.05, 0) is 24.6 Å². The third-order valence-corrected chi connectivity index (χ3v) is 6.27. The SMILES string of the molecule is C[C@@]12N=c3s/c(=C\c4ccccc4)c(=O)n3[C@@H](c3ccccc3O1)[C@H]2C(N)=O. The number of nitrogens with zero attached hydrogens (tertiary/aromatic N) is 2. The van der Waals surface area contributed by atoms with E-state index in [4.69, 9.17) is 10.5 Å². The number of nitrogens with two attached hydrogens (primary N) is 1. The number of aromatic nitrogens is 1. The van der Waals surface area contributed by atoms with E-state index in [2.05, 4.69) is 4.99 Å². The molecule has 0 spiro atoms. The first-order chi connectivity index (χ1) is 13.5. The van der Waals surface area contributed by atoms with Crippen molar-refractivity contribution in [3.8, 4) is 5.75 Å². The Morgan fingerprint density at radius 3 is 2.68 bits per heavy atom. The van der Waals surface area contributed by atoms with Gasteiger partial charge >= 0.3 is 0 Å². The second kappa shape index (κ2) is 5.90. The molecule has 28 heavy (non-hydrogen) atoms. The van der Waals surface area contributed by atoms with E-state index in [0.717, 1.165) is 11.1 Å². The lowest BCUT2D eigenvalue weighted by Crippen LogP contribution is -2.59.